The molecule has 6 heteroatoms. The van der Waals surface area contributed by atoms with Crippen LogP contribution in [0.5, 0.6) is 5.75 Å². The van der Waals surface area contributed by atoms with Gasteiger partial charge in [-0.1, -0.05) is 12.1 Å². The van der Waals surface area contributed by atoms with Crippen LogP contribution in [0.3, 0.4) is 0 Å². The zero-order valence-corrected chi connectivity index (χ0v) is 11.4. The van der Waals surface area contributed by atoms with Gasteiger partial charge in [-0.25, -0.2) is 9.59 Å². The summed E-state index contributed by atoms with van der Waals surface area (Å²) in [4.78, 5) is 22.6. The van der Waals surface area contributed by atoms with Gasteiger partial charge < -0.3 is 14.2 Å². The maximum atomic E-state index is 11.4. The van der Waals surface area contributed by atoms with Gasteiger partial charge in [0.05, 0.1) is 24.8 Å². The van der Waals surface area contributed by atoms with E-state index in [9.17, 15) is 9.59 Å². The molecule has 0 fully saturated rings. The smallest absolute Gasteiger partial charge is 0.374 e. The van der Waals surface area contributed by atoms with Crippen LogP contribution in [-0.4, -0.2) is 26.2 Å². The molecule has 1 aromatic rings. The van der Waals surface area contributed by atoms with Crippen LogP contribution in [0.2, 0.25) is 0 Å². The molecule has 5 nitrogen and oxygen atoms in total. The average molecular weight is 315 g/mol. The summed E-state index contributed by atoms with van der Waals surface area (Å²) in [5.74, 6) is -1.34. The molecule has 0 saturated carbocycles. The van der Waals surface area contributed by atoms with Gasteiger partial charge in [0.25, 0.3) is 0 Å². The van der Waals surface area contributed by atoms with Gasteiger partial charge in [-0.2, -0.15) is 0 Å². The first-order valence-corrected chi connectivity index (χ1v) is 5.68. The lowest BCUT2D eigenvalue weighted by Crippen LogP contribution is -2.13. The highest BCUT2D eigenvalue weighted by Crippen LogP contribution is 2.25. The number of rotatable bonds is 4. The first-order chi connectivity index (χ1) is 8.58. The van der Waals surface area contributed by atoms with Crippen LogP contribution < -0.4 is 4.74 Å². The highest BCUT2D eigenvalue weighted by molar-refractivity contribution is 9.10. The highest BCUT2D eigenvalue weighted by Gasteiger charge is 2.16. The molecule has 18 heavy (non-hydrogen) atoms. The minimum atomic E-state index is -0.767. The SMILES string of the molecule is COC(=O)/C=C(/Oc1ccccc1Br)C(=O)OC. The predicted molar refractivity (Wildman–Crippen MR) is 66.9 cm³/mol. The molecule has 0 aliphatic heterocycles. The van der Waals surface area contributed by atoms with Crippen molar-refractivity contribution in [3.8, 4) is 5.75 Å². The van der Waals surface area contributed by atoms with Crippen LogP contribution in [-0.2, 0) is 19.1 Å². The van der Waals surface area contributed by atoms with Gasteiger partial charge in [-0.05, 0) is 28.1 Å². The molecule has 0 amide bonds. The molecule has 0 atom stereocenters. The zero-order valence-electron chi connectivity index (χ0n) is 9.81. The van der Waals surface area contributed by atoms with Crippen molar-refractivity contribution in [2.24, 2.45) is 0 Å². The number of ether oxygens (including phenoxy) is 3. The minimum absolute atomic E-state index is 0.253. The minimum Gasteiger partial charge on any atom is -0.466 e. The molecule has 0 unspecified atom stereocenters. The molecule has 0 aliphatic carbocycles. The summed E-state index contributed by atoms with van der Waals surface area (Å²) in [6, 6.07) is 6.90. The van der Waals surface area contributed by atoms with E-state index in [2.05, 4.69) is 25.4 Å². The molecule has 0 N–H and O–H groups in total. The van der Waals surface area contributed by atoms with Crippen LogP contribution >= 0.6 is 15.9 Å². The Labute approximate surface area is 112 Å². The summed E-state index contributed by atoms with van der Waals surface area (Å²) in [6.45, 7) is 0. The Morgan fingerprint density at radius 1 is 1.17 bits per heavy atom. The first-order valence-electron chi connectivity index (χ1n) is 4.88. The van der Waals surface area contributed by atoms with E-state index in [0.29, 0.717) is 10.2 Å². The highest BCUT2D eigenvalue weighted by atomic mass is 79.9. The van der Waals surface area contributed by atoms with E-state index in [-0.39, 0.29) is 5.76 Å². The van der Waals surface area contributed by atoms with Crippen molar-refractivity contribution >= 4 is 27.9 Å². The van der Waals surface area contributed by atoms with E-state index in [4.69, 9.17) is 4.74 Å². The first kappa shape index (κ1) is 14.2. The second-order valence-corrected chi connectivity index (χ2v) is 3.91. The van der Waals surface area contributed by atoms with Gasteiger partial charge >= 0.3 is 11.9 Å². The van der Waals surface area contributed by atoms with Crippen molar-refractivity contribution in [2.45, 2.75) is 0 Å². The molecule has 0 spiro atoms. The maximum Gasteiger partial charge on any atom is 0.374 e. The fourth-order valence-corrected chi connectivity index (χ4v) is 1.41. The van der Waals surface area contributed by atoms with Gasteiger partial charge in [-0.15, -0.1) is 0 Å². The van der Waals surface area contributed by atoms with E-state index >= 15 is 0 Å². The topological polar surface area (TPSA) is 61.8 Å². The van der Waals surface area contributed by atoms with Crippen LogP contribution in [0.4, 0.5) is 0 Å². The summed E-state index contributed by atoms with van der Waals surface area (Å²) < 4.78 is 14.9. The molecule has 0 saturated heterocycles. The van der Waals surface area contributed by atoms with Crippen LogP contribution in [0.1, 0.15) is 0 Å². The number of esters is 2. The van der Waals surface area contributed by atoms with Crippen molar-refractivity contribution in [2.75, 3.05) is 14.2 Å². The van der Waals surface area contributed by atoms with Crippen LogP contribution in [0, 0.1) is 0 Å². The molecule has 96 valence electrons. The summed E-state index contributed by atoms with van der Waals surface area (Å²) in [7, 11) is 2.39. The number of hydrogen-bond donors (Lipinski definition) is 0. The zero-order chi connectivity index (χ0) is 13.5. The number of benzene rings is 1. The molecular formula is C12H11BrO5. The van der Waals surface area contributed by atoms with Crippen molar-refractivity contribution in [3.05, 3.63) is 40.6 Å². The summed E-state index contributed by atoms with van der Waals surface area (Å²) in [5.41, 5.74) is 0. The van der Waals surface area contributed by atoms with E-state index in [1.165, 1.54) is 14.2 Å². The number of halogens is 1. The van der Waals surface area contributed by atoms with Crippen LogP contribution in [0.15, 0.2) is 40.6 Å². The van der Waals surface area contributed by atoms with E-state index < -0.39 is 11.9 Å². The van der Waals surface area contributed by atoms with Crippen LogP contribution in [0.25, 0.3) is 0 Å². The van der Waals surface area contributed by atoms with Crippen molar-refractivity contribution < 1.29 is 23.8 Å². The van der Waals surface area contributed by atoms with Crippen molar-refractivity contribution in [1.29, 1.82) is 0 Å². The molecular weight excluding hydrogens is 304 g/mol. The standard InChI is InChI=1S/C12H11BrO5/c1-16-11(14)7-10(12(15)17-2)18-9-6-4-3-5-8(9)13/h3-7H,1-2H3/b10-7+. The molecule has 0 aliphatic rings. The molecule has 0 bridgehead atoms. The number of hydrogen-bond acceptors (Lipinski definition) is 5. The third-order valence-corrected chi connectivity index (χ3v) is 2.55. The molecule has 1 rings (SSSR count). The number of carbonyl (C=O) groups excluding carboxylic acids is 2. The lowest BCUT2D eigenvalue weighted by atomic mass is 10.3. The molecule has 1 aromatic carbocycles. The predicted octanol–water partition coefficient (Wildman–Crippen LogP) is 2.06. The lowest BCUT2D eigenvalue weighted by Gasteiger charge is -2.09. The summed E-state index contributed by atoms with van der Waals surface area (Å²) >= 11 is 3.26. The maximum absolute atomic E-state index is 11.4. The Balaban J connectivity index is 3.00. The van der Waals surface area contributed by atoms with Crippen molar-refractivity contribution in [3.63, 3.8) is 0 Å². The summed E-state index contributed by atoms with van der Waals surface area (Å²) in [6.07, 6.45) is 0.922. The third-order valence-electron chi connectivity index (χ3n) is 1.89. The van der Waals surface area contributed by atoms with E-state index in [1.54, 1.807) is 24.3 Å². The van der Waals surface area contributed by atoms with Gasteiger partial charge in [0.15, 0.2) is 0 Å². The second-order valence-electron chi connectivity index (χ2n) is 3.06. The Kier molecular flexibility index (Phi) is 5.38. The monoisotopic (exact) mass is 314 g/mol. The lowest BCUT2D eigenvalue weighted by molar-refractivity contribution is -0.140. The number of para-hydroxylation sites is 1. The Bertz CT molecular complexity index is 481. The quantitative estimate of drug-likeness (QED) is 0.483. The second kappa shape index (κ2) is 6.80. The number of carbonyl (C=O) groups is 2. The van der Waals surface area contributed by atoms with E-state index in [0.717, 1.165) is 6.08 Å². The molecule has 0 heterocycles. The van der Waals surface area contributed by atoms with E-state index in [1.807, 2.05) is 0 Å². The largest absolute Gasteiger partial charge is 0.466 e. The fourth-order valence-electron chi connectivity index (χ4n) is 1.04. The fraction of sp³-hybridized carbons (Fsp3) is 0.167. The molecule has 0 aromatic heterocycles. The van der Waals surface area contributed by atoms with Gasteiger partial charge in [0.1, 0.15) is 5.75 Å². The van der Waals surface area contributed by atoms with Gasteiger partial charge in [0.2, 0.25) is 5.76 Å². The van der Waals surface area contributed by atoms with Crippen molar-refractivity contribution in [1.82, 2.24) is 0 Å². The Morgan fingerprint density at radius 2 is 1.83 bits per heavy atom. The Hall–Kier alpha value is -1.82. The van der Waals surface area contributed by atoms with Gasteiger partial charge in [0, 0.05) is 0 Å². The van der Waals surface area contributed by atoms with Gasteiger partial charge in [-0.3, -0.25) is 0 Å². The third kappa shape index (κ3) is 3.89. The number of methoxy groups -OCH3 is 2. The normalized spacial score (nSPS) is 10.7. The molecule has 0 radical (unpaired) electrons. The Morgan fingerprint density at radius 3 is 2.39 bits per heavy atom. The average Bonchev–Trinajstić information content (AvgIpc) is 2.39. The summed E-state index contributed by atoms with van der Waals surface area (Å²) in [5, 5.41) is 0.